The van der Waals surface area contributed by atoms with Crippen LogP contribution in [0.5, 0.6) is 0 Å². The van der Waals surface area contributed by atoms with Crippen LogP contribution >= 0.6 is 0 Å². The van der Waals surface area contributed by atoms with Crippen LogP contribution in [0.4, 0.5) is 5.69 Å². The summed E-state index contributed by atoms with van der Waals surface area (Å²) in [6, 6.07) is 16.0. The standard InChI is InChI=1S/C16H16N2O3/c1-16(17-12-19,14-7-3-2-4-8-14)11-13-6-5-9-15(10-13)18(20)21/h2-10,12H,11H2,1H3,(H,17,19). The average Bonchev–Trinajstić information content (AvgIpc) is 2.48. The highest BCUT2D eigenvalue weighted by atomic mass is 16.6. The van der Waals surface area contributed by atoms with Crippen LogP contribution in [-0.2, 0) is 16.8 Å². The van der Waals surface area contributed by atoms with Gasteiger partial charge < -0.3 is 5.32 Å². The summed E-state index contributed by atoms with van der Waals surface area (Å²) in [6.07, 6.45) is 1.13. The van der Waals surface area contributed by atoms with Crippen LogP contribution in [0.1, 0.15) is 18.1 Å². The van der Waals surface area contributed by atoms with E-state index in [0.29, 0.717) is 12.8 Å². The van der Waals surface area contributed by atoms with E-state index >= 15 is 0 Å². The summed E-state index contributed by atoms with van der Waals surface area (Å²) in [4.78, 5) is 21.4. The monoisotopic (exact) mass is 284 g/mol. The highest BCUT2D eigenvalue weighted by molar-refractivity contribution is 5.50. The van der Waals surface area contributed by atoms with Crippen molar-refractivity contribution >= 4 is 12.1 Å². The van der Waals surface area contributed by atoms with Crippen molar-refractivity contribution in [3.05, 3.63) is 75.8 Å². The van der Waals surface area contributed by atoms with Gasteiger partial charge in [-0.05, 0) is 24.5 Å². The quantitative estimate of drug-likeness (QED) is 0.503. The van der Waals surface area contributed by atoms with E-state index in [2.05, 4.69) is 5.32 Å². The molecule has 0 aliphatic carbocycles. The highest BCUT2D eigenvalue weighted by Crippen LogP contribution is 2.26. The van der Waals surface area contributed by atoms with Gasteiger partial charge in [0.25, 0.3) is 5.69 Å². The molecular formula is C16H16N2O3. The summed E-state index contributed by atoms with van der Waals surface area (Å²) in [5.74, 6) is 0. The van der Waals surface area contributed by atoms with Gasteiger partial charge in [-0.25, -0.2) is 0 Å². The molecule has 5 nitrogen and oxygen atoms in total. The van der Waals surface area contributed by atoms with Gasteiger partial charge in [-0.15, -0.1) is 0 Å². The predicted octanol–water partition coefficient (Wildman–Crippen LogP) is 2.80. The number of rotatable bonds is 6. The summed E-state index contributed by atoms with van der Waals surface area (Å²) in [7, 11) is 0. The molecule has 1 unspecified atom stereocenters. The predicted molar refractivity (Wildman–Crippen MR) is 79.8 cm³/mol. The molecule has 5 heteroatoms. The fraction of sp³-hybridized carbons (Fsp3) is 0.188. The minimum Gasteiger partial charge on any atom is -0.349 e. The molecule has 2 rings (SSSR count). The number of nitro benzene ring substituents is 1. The van der Waals surface area contributed by atoms with Crippen molar-refractivity contribution in [1.82, 2.24) is 5.32 Å². The van der Waals surface area contributed by atoms with Gasteiger partial charge in [-0.3, -0.25) is 14.9 Å². The molecular weight excluding hydrogens is 268 g/mol. The minimum atomic E-state index is -0.613. The molecule has 1 amide bonds. The number of hydrogen-bond acceptors (Lipinski definition) is 3. The summed E-state index contributed by atoms with van der Waals surface area (Å²) in [5.41, 5.74) is 1.18. The molecule has 0 aliphatic heterocycles. The number of nitrogens with zero attached hydrogens (tertiary/aromatic N) is 1. The lowest BCUT2D eigenvalue weighted by atomic mass is 9.85. The third-order valence-electron chi connectivity index (χ3n) is 3.47. The Morgan fingerprint density at radius 3 is 2.52 bits per heavy atom. The van der Waals surface area contributed by atoms with Gasteiger partial charge in [-0.2, -0.15) is 0 Å². The molecule has 0 aliphatic rings. The zero-order valence-corrected chi connectivity index (χ0v) is 11.7. The first-order valence-corrected chi connectivity index (χ1v) is 6.55. The Hall–Kier alpha value is -2.69. The Bertz CT molecular complexity index is 643. The SMILES string of the molecule is CC(Cc1cccc([N+](=O)[O-])c1)(NC=O)c1ccccc1. The molecule has 21 heavy (non-hydrogen) atoms. The molecule has 0 spiro atoms. The molecule has 1 N–H and O–H groups in total. The van der Waals surface area contributed by atoms with Crippen LogP contribution in [0.25, 0.3) is 0 Å². The molecule has 0 saturated carbocycles. The largest absolute Gasteiger partial charge is 0.349 e. The number of nitro groups is 1. The molecule has 2 aromatic rings. The molecule has 0 aromatic heterocycles. The van der Waals surface area contributed by atoms with E-state index in [-0.39, 0.29) is 5.69 Å². The van der Waals surface area contributed by atoms with Crippen LogP contribution in [0.3, 0.4) is 0 Å². The highest BCUT2D eigenvalue weighted by Gasteiger charge is 2.26. The first-order chi connectivity index (χ1) is 10.0. The van der Waals surface area contributed by atoms with Crippen molar-refractivity contribution in [2.45, 2.75) is 18.9 Å². The number of benzene rings is 2. The number of nitrogens with one attached hydrogen (secondary N) is 1. The number of non-ortho nitro benzene ring substituents is 1. The van der Waals surface area contributed by atoms with Crippen LogP contribution in [0.2, 0.25) is 0 Å². The Balaban J connectivity index is 2.34. The van der Waals surface area contributed by atoms with E-state index in [1.165, 1.54) is 12.1 Å². The van der Waals surface area contributed by atoms with Crippen molar-refractivity contribution in [2.75, 3.05) is 0 Å². The smallest absolute Gasteiger partial charge is 0.269 e. The molecule has 0 fully saturated rings. The van der Waals surface area contributed by atoms with Crippen molar-refractivity contribution in [2.24, 2.45) is 0 Å². The third-order valence-corrected chi connectivity index (χ3v) is 3.47. The zero-order valence-electron chi connectivity index (χ0n) is 11.7. The van der Waals surface area contributed by atoms with Gasteiger partial charge >= 0.3 is 0 Å². The first-order valence-electron chi connectivity index (χ1n) is 6.55. The lowest BCUT2D eigenvalue weighted by Crippen LogP contribution is -2.40. The van der Waals surface area contributed by atoms with Gasteiger partial charge in [0.05, 0.1) is 10.5 Å². The van der Waals surface area contributed by atoms with Gasteiger partial charge in [0, 0.05) is 12.1 Å². The van der Waals surface area contributed by atoms with E-state index in [1.54, 1.807) is 6.07 Å². The van der Waals surface area contributed by atoms with E-state index in [4.69, 9.17) is 0 Å². The summed E-state index contributed by atoms with van der Waals surface area (Å²) in [6.45, 7) is 1.90. The Labute approximate surface area is 122 Å². The Morgan fingerprint density at radius 2 is 1.90 bits per heavy atom. The maximum atomic E-state index is 10.9. The second kappa shape index (κ2) is 6.17. The Morgan fingerprint density at radius 1 is 1.19 bits per heavy atom. The molecule has 108 valence electrons. The fourth-order valence-electron chi connectivity index (χ4n) is 2.36. The lowest BCUT2D eigenvalue weighted by molar-refractivity contribution is -0.384. The minimum absolute atomic E-state index is 0.0500. The van der Waals surface area contributed by atoms with Crippen LogP contribution in [-0.4, -0.2) is 11.3 Å². The van der Waals surface area contributed by atoms with Crippen LogP contribution in [0, 0.1) is 10.1 Å². The second-order valence-electron chi connectivity index (χ2n) is 5.06. The first kappa shape index (κ1) is 14.7. The molecule has 0 heterocycles. The van der Waals surface area contributed by atoms with Crippen molar-refractivity contribution in [1.29, 1.82) is 0 Å². The maximum absolute atomic E-state index is 10.9. The fourth-order valence-corrected chi connectivity index (χ4v) is 2.36. The van der Waals surface area contributed by atoms with Crippen LogP contribution < -0.4 is 5.32 Å². The van der Waals surface area contributed by atoms with Crippen molar-refractivity contribution in [3.63, 3.8) is 0 Å². The molecule has 0 saturated heterocycles. The van der Waals surface area contributed by atoms with Gasteiger partial charge in [0.15, 0.2) is 0 Å². The van der Waals surface area contributed by atoms with Gasteiger partial charge in [-0.1, -0.05) is 42.5 Å². The normalized spacial score (nSPS) is 13.2. The number of carbonyl (C=O) groups is 1. The summed E-state index contributed by atoms with van der Waals surface area (Å²) < 4.78 is 0. The molecule has 2 aromatic carbocycles. The molecule has 0 bridgehead atoms. The summed E-state index contributed by atoms with van der Waals surface area (Å²) in [5, 5.41) is 13.7. The number of amides is 1. The lowest BCUT2D eigenvalue weighted by Gasteiger charge is -2.30. The van der Waals surface area contributed by atoms with Crippen LogP contribution in [0.15, 0.2) is 54.6 Å². The maximum Gasteiger partial charge on any atom is 0.269 e. The average molecular weight is 284 g/mol. The second-order valence-corrected chi connectivity index (χ2v) is 5.06. The van der Waals surface area contributed by atoms with E-state index in [0.717, 1.165) is 11.1 Å². The van der Waals surface area contributed by atoms with E-state index in [9.17, 15) is 14.9 Å². The van der Waals surface area contributed by atoms with Crippen molar-refractivity contribution < 1.29 is 9.72 Å². The van der Waals surface area contributed by atoms with Gasteiger partial charge in [0.1, 0.15) is 0 Å². The van der Waals surface area contributed by atoms with E-state index in [1.807, 2.05) is 43.3 Å². The van der Waals surface area contributed by atoms with E-state index < -0.39 is 10.5 Å². The number of carbonyl (C=O) groups excluding carboxylic acids is 1. The number of hydrogen-bond donors (Lipinski definition) is 1. The third kappa shape index (κ3) is 3.45. The zero-order chi connectivity index (χ0) is 15.3. The Kier molecular flexibility index (Phi) is 4.33. The topological polar surface area (TPSA) is 72.2 Å². The van der Waals surface area contributed by atoms with Gasteiger partial charge in [0.2, 0.25) is 6.41 Å². The summed E-state index contributed by atoms with van der Waals surface area (Å²) >= 11 is 0. The van der Waals surface area contributed by atoms with Crippen molar-refractivity contribution in [3.8, 4) is 0 Å². The molecule has 0 radical (unpaired) electrons. The molecule has 1 atom stereocenters.